The van der Waals surface area contributed by atoms with E-state index < -0.39 is 21.1 Å². The molecule has 0 aliphatic heterocycles. The van der Waals surface area contributed by atoms with Crippen molar-refractivity contribution in [3.63, 3.8) is 0 Å². The molecular weight excluding hydrogens is 202 g/mol. The van der Waals surface area contributed by atoms with Gasteiger partial charge < -0.3 is 0 Å². The Morgan fingerprint density at radius 3 is 1.67 bits per heavy atom. The van der Waals surface area contributed by atoms with E-state index in [0.29, 0.717) is 0 Å². The van der Waals surface area contributed by atoms with E-state index in [1.54, 1.807) is 0 Å². The van der Waals surface area contributed by atoms with E-state index in [1.165, 1.54) is 0 Å². The van der Waals surface area contributed by atoms with Crippen LogP contribution in [0.3, 0.4) is 0 Å². The van der Waals surface area contributed by atoms with Crippen molar-refractivity contribution in [1.29, 1.82) is 0 Å². The average molecular weight is 215 g/mol. The minimum atomic E-state index is -3.71. The van der Waals surface area contributed by atoms with Crippen LogP contribution >= 0.6 is 7.60 Å². The Labute approximate surface area is 58.1 Å². The van der Waals surface area contributed by atoms with Crippen molar-refractivity contribution >= 4 is 21.1 Å². The summed E-state index contributed by atoms with van der Waals surface area (Å²) in [5.74, 6) is 0. The van der Waals surface area contributed by atoms with Gasteiger partial charge in [0.15, 0.2) is 0 Å². The maximum absolute atomic E-state index is 10.4. The number of hydrogen-bond donors (Lipinski definition) is 2. The van der Waals surface area contributed by atoms with Gasteiger partial charge >= 0.3 is 57.6 Å². The van der Waals surface area contributed by atoms with Crippen LogP contribution in [0.4, 0.5) is 0 Å². The molecule has 0 unspecified atom stereocenters. The van der Waals surface area contributed by atoms with Gasteiger partial charge in [-0.1, -0.05) is 0 Å². The topological polar surface area (TPSA) is 57.5 Å². The van der Waals surface area contributed by atoms with Gasteiger partial charge in [0.2, 0.25) is 0 Å². The van der Waals surface area contributed by atoms with Crippen molar-refractivity contribution < 1.29 is 14.4 Å². The quantitative estimate of drug-likeness (QED) is 0.534. The van der Waals surface area contributed by atoms with E-state index in [-0.39, 0.29) is 4.95 Å². The average Bonchev–Trinajstić information content (AvgIpc) is 1.14. The van der Waals surface area contributed by atoms with Crippen LogP contribution in [0.15, 0.2) is 0 Å². The molecular formula is C4H13AsO3P+. The monoisotopic (exact) mass is 215 g/mol. The zero-order valence-electron chi connectivity index (χ0n) is 5.90. The summed E-state index contributed by atoms with van der Waals surface area (Å²) in [5.41, 5.74) is 5.91. The molecule has 0 aliphatic rings. The molecule has 0 saturated heterocycles. The third-order valence-corrected chi connectivity index (χ3v) is 9.49. The fourth-order valence-corrected chi connectivity index (χ4v) is 8.62. The van der Waals surface area contributed by atoms with Gasteiger partial charge in [-0.15, -0.1) is 0 Å². The van der Waals surface area contributed by atoms with Crippen LogP contribution in [0.25, 0.3) is 0 Å². The Bertz CT molecular complexity index is 133. The fraction of sp³-hybridized carbons (Fsp3) is 1.00. The van der Waals surface area contributed by atoms with E-state index in [0.717, 1.165) is 0 Å². The summed E-state index contributed by atoms with van der Waals surface area (Å²) < 4.78 is 10.4. The van der Waals surface area contributed by atoms with Gasteiger partial charge in [-0.3, -0.25) is 0 Å². The first-order valence-corrected chi connectivity index (χ1v) is 11.3. The molecule has 5 heteroatoms. The normalized spacial score (nSPS) is 13.9. The predicted octanol–water partition coefficient (Wildman–Crippen LogP) is 1.04. The Hall–Kier alpha value is 0.708. The van der Waals surface area contributed by atoms with E-state index in [2.05, 4.69) is 0 Å². The molecule has 3 nitrogen and oxygen atoms in total. The molecule has 0 atom stereocenters. The second-order valence-corrected chi connectivity index (χ2v) is 16.1. The van der Waals surface area contributed by atoms with Crippen LogP contribution in [0, 0.1) is 0 Å². The SMILES string of the molecule is C[As+](C)(C)CP(=O)(O)O. The third kappa shape index (κ3) is 8.71. The minimum absolute atomic E-state index is 0.130. The summed E-state index contributed by atoms with van der Waals surface area (Å²) in [6.45, 7) is 0. The van der Waals surface area contributed by atoms with Crippen molar-refractivity contribution in [3.05, 3.63) is 0 Å². The van der Waals surface area contributed by atoms with Gasteiger partial charge in [0.05, 0.1) is 0 Å². The van der Waals surface area contributed by atoms with Crippen molar-refractivity contribution in [2.45, 2.75) is 17.1 Å². The van der Waals surface area contributed by atoms with Gasteiger partial charge in [-0.2, -0.15) is 0 Å². The molecule has 0 aromatic rings. The number of hydrogen-bond acceptors (Lipinski definition) is 1. The first-order valence-electron chi connectivity index (χ1n) is 2.56. The van der Waals surface area contributed by atoms with Crippen molar-refractivity contribution in [3.8, 4) is 0 Å². The van der Waals surface area contributed by atoms with Crippen molar-refractivity contribution in [2.24, 2.45) is 0 Å². The Balaban J connectivity index is 3.90. The molecule has 0 aromatic heterocycles. The van der Waals surface area contributed by atoms with Gasteiger partial charge in [0.25, 0.3) is 0 Å². The third-order valence-electron chi connectivity index (χ3n) is 0.608. The maximum atomic E-state index is 10.4. The summed E-state index contributed by atoms with van der Waals surface area (Å²) in [6.07, 6.45) is 0. The zero-order chi connectivity index (χ0) is 7.71. The van der Waals surface area contributed by atoms with Crippen LogP contribution in [-0.2, 0) is 4.57 Å². The van der Waals surface area contributed by atoms with E-state index >= 15 is 0 Å². The molecule has 0 radical (unpaired) electrons. The molecule has 0 rings (SSSR count). The Morgan fingerprint density at radius 1 is 1.33 bits per heavy atom. The molecule has 56 valence electrons. The second kappa shape index (κ2) is 2.75. The molecule has 0 fully saturated rings. The summed E-state index contributed by atoms with van der Waals surface area (Å²) in [6, 6.07) is 0. The standard InChI is InChI=1S/C4H12AsO3P/c1-5(2,3)4-9(6,7)8/h4H2,1-3H3,(H-,6,7,8)/p+1. The van der Waals surface area contributed by atoms with Gasteiger partial charge in [-0.05, 0) is 0 Å². The molecule has 0 aromatic carbocycles. The molecule has 0 bridgehead atoms. The van der Waals surface area contributed by atoms with Crippen molar-refractivity contribution in [1.82, 2.24) is 0 Å². The fourth-order valence-electron chi connectivity index (χ4n) is 0.553. The summed E-state index contributed by atoms with van der Waals surface area (Å²) >= 11 is -1.86. The van der Waals surface area contributed by atoms with Crippen LogP contribution in [-0.4, -0.2) is 28.3 Å². The van der Waals surface area contributed by atoms with Gasteiger partial charge in [0, 0.05) is 0 Å². The summed E-state index contributed by atoms with van der Waals surface area (Å²) in [5, 5.41) is 0. The molecule has 9 heavy (non-hydrogen) atoms. The first kappa shape index (κ1) is 9.71. The predicted molar refractivity (Wildman–Crippen MR) is 40.3 cm³/mol. The Morgan fingerprint density at radius 2 is 1.67 bits per heavy atom. The van der Waals surface area contributed by atoms with Gasteiger partial charge in [0.1, 0.15) is 0 Å². The van der Waals surface area contributed by atoms with Crippen LogP contribution in [0.5, 0.6) is 0 Å². The van der Waals surface area contributed by atoms with Crippen LogP contribution < -0.4 is 0 Å². The molecule has 0 spiro atoms. The first-order chi connectivity index (χ1) is 3.71. The van der Waals surface area contributed by atoms with Crippen molar-refractivity contribution in [2.75, 3.05) is 4.95 Å². The van der Waals surface area contributed by atoms with Gasteiger partial charge in [-0.25, -0.2) is 0 Å². The zero-order valence-corrected chi connectivity index (χ0v) is 8.68. The number of rotatable bonds is 2. The molecule has 0 saturated carbocycles. The molecule has 0 amide bonds. The Kier molecular flexibility index (Phi) is 2.97. The van der Waals surface area contributed by atoms with Crippen LogP contribution in [0.1, 0.15) is 0 Å². The van der Waals surface area contributed by atoms with E-state index in [1.807, 2.05) is 17.1 Å². The summed E-state index contributed by atoms with van der Waals surface area (Å²) in [7, 11) is -3.71. The molecule has 0 aliphatic carbocycles. The van der Waals surface area contributed by atoms with E-state index in [4.69, 9.17) is 9.79 Å². The van der Waals surface area contributed by atoms with E-state index in [9.17, 15) is 4.57 Å². The summed E-state index contributed by atoms with van der Waals surface area (Å²) in [4.78, 5) is 17.1. The molecule has 0 heterocycles. The molecule has 2 N–H and O–H groups in total. The second-order valence-electron chi connectivity index (χ2n) is 3.10. The van der Waals surface area contributed by atoms with Crippen LogP contribution in [0.2, 0.25) is 17.1 Å².